The Balaban J connectivity index is 1.54. The van der Waals surface area contributed by atoms with Crippen molar-refractivity contribution in [3.63, 3.8) is 0 Å². The predicted molar refractivity (Wildman–Crippen MR) is 86.1 cm³/mol. The van der Waals surface area contributed by atoms with E-state index in [9.17, 15) is 9.59 Å². The van der Waals surface area contributed by atoms with Crippen molar-refractivity contribution in [1.82, 2.24) is 10.2 Å². The predicted octanol–water partition coefficient (Wildman–Crippen LogP) is 0.933. The monoisotopic (exact) mass is 303 g/mol. The van der Waals surface area contributed by atoms with Gasteiger partial charge < -0.3 is 11.1 Å². The number of nitrogens with two attached hydrogens (primary N) is 1. The molecular formula is C17H25N3O2. The largest absolute Gasteiger partial charge is 0.369 e. The molecule has 0 aromatic heterocycles. The van der Waals surface area contributed by atoms with Gasteiger partial charge in [0.15, 0.2) is 0 Å². The Morgan fingerprint density at radius 2 is 2.00 bits per heavy atom. The molecular weight excluding hydrogens is 278 g/mol. The number of hydrogen-bond acceptors (Lipinski definition) is 3. The minimum absolute atomic E-state index is 0.0323. The van der Waals surface area contributed by atoms with Crippen LogP contribution >= 0.6 is 0 Å². The first kappa shape index (κ1) is 16.5. The molecule has 2 amide bonds. The lowest BCUT2D eigenvalue weighted by molar-refractivity contribution is -0.123. The van der Waals surface area contributed by atoms with E-state index in [1.165, 1.54) is 5.56 Å². The second kappa shape index (κ2) is 8.54. The smallest absolute Gasteiger partial charge is 0.234 e. The van der Waals surface area contributed by atoms with Gasteiger partial charge in [0.25, 0.3) is 0 Å². The Bertz CT molecular complexity index is 490. The van der Waals surface area contributed by atoms with Gasteiger partial charge in [0, 0.05) is 13.1 Å². The van der Waals surface area contributed by atoms with E-state index >= 15 is 0 Å². The van der Waals surface area contributed by atoms with Crippen LogP contribution in [0.3, 0.4) is 0 Å². The van der Waals surface area contributed by atoms with Gasteiger partial charge in [0.2, 0.25) is 11.8 Å². The lowest BCUT2D eigenvalue weighted by atomic mass is 10.1. The van der Waals surface area contributed by atoms with Crippen LogP contribution in [0, 0.1) is 5.92 Å². The first-order chi connectivity index (χ1) is 10.6. The Hall–Kier alpha value is -1.88. The molecule has 0 unspecified atom stereocenters. The first-order valence-corrected chi connectivity index (χ1v) is 7.97. The third-order valence-corrected chi connectivity index (χ3v) is 4.10. The molecule has 0 aliphatic carbocycles. The van der Waals surface area contributed by atoms with Gasteiger partial charge in [-0.1, -0.05) is 30.3 Å². The van der Waals surface area contributed by atoms with Crippen molar-refractivity contribution >= 4 is 11.8 Å². The van der Waals surface area contributed by atoms with E-state index in [4.69, 9.17) is 5.73 Å². The zero-order valence-electron chi connectivity index (χ0n) is 13.0. The minimum atomic E-state index is -0.260. The van der Waals surface area contributed by atoms with E-state index in [0.717, 1.165) is 32.2 Å². The molecule has 3 N–H and O–H groups in total. The Kier molecular flexibility index (Phi) is 6.40. The van der Waals surface area contributed by atoms with Gasteiger partial charge in [-0.15, -0.1) is 0 Å². The molecule has 1 aromatic carbocycles. The molecule has 1 aromatic rings. The van der Waals surface area contributed by atoms with E-state index in [2.05, 4.69) is 17.4 Å². The summed E-state index contributed by atoms with van der Waals surface area (Å²) >= 11 is 0. The normalized spacial score (nSPS) is 18.3. The molecule has 0 spiro atoms. The van der Waals surface area contributed by atoms with Crippen LogP contribution in [0.2, 0.25) is 0 Å². The topological polar surface area (TPSA) is 75.4 Å². The van der Waals surface area contributed by atoms with Crippen molar-refractivity contribution in [2.24, 2.45) is 11.7 Å². The highest BCUT2D eigenvalue weighted by Crippen LogP contribution is 2.14. The minimum Gasteiger partial charge on any atom is -0.369 e. The van der Waals surface area contributed by atoms with Gasteiger partial charge in [-0.05, 0) is 37.8 Å². The summed E-state index contributed by atoms with van der Waals surface area (Å²) in [6.45, 7) is 2.45. The van der Waals surface area contributed by atoms with E-state index in [1.807, 2.05) is 23.1 Å². The molecule has 2 rings (SSSR count). The van der Waals surface area contributed by atoms with Crippen LogP contribution in [0.1, 0.15) is 24.8 Å². The Morgan fingerprint density at radius 3 is 2.68 bits per heavy atom. The van der Waals surface area contributed by atoms with Crippen LogP contribution in [0.15, 0.2) is 30.3 Å². The fourth-order valence-corrected chi connectivity index (χ4v) is 2.79. The molecule has 1 aliphatic heterocycles. The van der Waals surface area contributed by atoms with Crippen LogP contribution < -0.4 is 11.1 Å². The number of primary amides is 1. The summed E-state index contributed by atoms with van der Waals surface area (Å²) in [5, 5.41) is 2.94. The third-order valence-electron chi connectivity index (χ3n) is 4.10. The maximum Gasteiger partial charge on any atom is 0.234 e. The second-order valence-electron chi connectivity index (χ2n) is 5.92. The van der Waals surface area contributed by atoms with Gasteiger partial charge in [-0.25, -0.2) is 0 Å². The van der Waals surface area contributed by atoms with Gasteiger partial charge in [0.05, 0.1) is 12.5 Å². The van der Waals surface area contributed by atoms with Crippen molar-refractivity contribution in [2.45, 2.75) is 25.7 Å². The highest BCUT2D eigenvalue weighted by Gasteiger charge is 2.27. The van der Waals surface area contributed by atoms with Crippen molar-refractivity contribution in [3.05, 3.63) is 35.9 Å². The number of aryl methyl sites for hydroxylation is 1. The number of rotatable bonds is 8. The summed E-state index contributed by atoms with van der Waals surface area (Å²) in [6.07, 6.45) is 3.85. The summed E-state index contributed by atoms with van der Waals surface area (Å²) in [6, 6.07) is 10.4. The Labute approximate surface area is 131 Å². The molecule has 1 fully saturated rings. The molecule has 1 saturated heterocycles. The second-order valence-corrected chi connectivity index (χ2v) is 5.92. The van der Waals surface area contributed by atoms with Crippen molar-refractivity contribution < 1.29 is 9.59 Å². The standard InChI is InChI=1S/C17H25N3O2/c18-17(22)15-9-11-20(12-15)13-16(21)19-10-5-4-8-14-6-2-1-3-7-14/h1-3,6-7,15H,4-5,8-13H2,(H2,18,22)(H,19,21)/t15-/m1/s1. The van der Waals surface area contributed by atoms with Crippen molar-refractivity contribution in [1.29, 1.82) is 0 Å². The molecule has 5 heteroatoms. The molecule has 22 heavy (non-hydrogen) atoms. The zero-order chi connectivity index (χ0) is 15.8. The van der Waals surface area contributed by atoms with Gasteiger partial charge in [-0.3, -0.25) is 14.5 Å². The highest BCUT2D eigenvalue weighted by atomic mass is 16.2. The number of likely N-dealkylation sites (tertiary alicyclic amines) is 1. The average Bonchev–Trinajstić information content (AvgIpc) is 2.96. The molecule has 0 radical (unpaired) electrons. The summed E-state index contributed by atoms with van der Waals surface area (Å²) in [7, 11) is 0. The summed E-state index contributed by atoms with van der Waals surface area (Å²) < 4.78 is 0. The highest BCUT2D eigenvalue weighted by molar-refractivity contribution is 5.79. The van der Waals surface area contributed by atoms with Crippen molar-refractivity contribution in [2.75, 3.05) is 26.2 Å². The van der Waals surface area contributed by atoms with Crippen LogP contribution in [-0.2, 0) is 16.0 Å². The third kappa shape index (κ3) is 5.48. The number of carbonyl (C=O) groups is 2. The first-order valence-electron chi connectivity index (χ1n) is 7.97. The van der Waals surface area contributed by atoms with E-state index in [1.54, 1.807) is 0 Å². The van der Waals surface area contributed by atoms with Crippen LogP contribution in [-0.4, -0.2) is 42.9 Å². The molecule has 0 saturated carbocycles. The fourth-order valence-electron chi connectivity index (χ4n) is 2.79. The van der Waals surface area contributed by atoms with E-state index in [-0.39, 0.29) is 17.7 Å². The number of nitrogens with zero attached hydrogens (tertiary/aromatic N) is 1. The lowest BCUT2D eigenvalue weighted by Gasteiger charge is -2.14. The molecule has 1 heterocycles. The van der Waals surface area contributed by atoms with Crippen LogP contribution in [0.4, 0.5) is 0 Å². The number of hydrogen-bond donors (Lipinski definition) is 2. The van der Waals surface area contributed by atoms with Gasteiger partial charge in [0.1, 0.15) is 0 Å². The van der Waals surface area contributed by atoms with Gasteiger partial charge >= 0.3 is 0 Å². The zero-order valence-corrected chi connectivity index (χ0v) is 13.0. The van der Waals surface area contributed by atoms with Gasteiger partial charge in [-0.2, -0.15) is 0 Å². The quantitative estimate of drug-likeness (QED) is 0.702. The fraction of sp³-hybridized carbons (Fsp3) is 0.529. The molecule has 0 bridgehead atoms. The number of carbonyl (C=O) groups excluding carboxylic acids is 2. The van der Waals surface area contributed by atoms with E-state index < -0.39 is 0 Å². The van der Waals surface area contributed by atoms with Crippen LogP contribution in [0.25, 0.3) is 0 Å². The Morgan fingerprint density at radius 1 is 1.23 bits per heavy atom. The molecule has 1 atom stereocenters. The number of amides is 2. The van der Waals surface area contributed by atoms with Crippen LogP contribution in [0.5, 0.6) is 0 Å². The number of benzene rings is 1. The maximum atomic E-state index is 11.8. The molecule has 120 valence electrons. The maximum absolute atomic E-state index is 11.8. The molecule has 1 aliphatic rings. The average molecular weight is 303 g/mol. The summed E-state index contributed by atoms with van der Waals surface area (Å²) in [5.74, 6) is -0.327. The number of nitrogens with one attached hydrogen (secondary N) is 1. The SMILES string of the molecule is NC(=O)[C@@H]1CCN(CC(=O)NCCCCc2ccccc2)C1. The number of unbranched alkanes of at least 4 members (excludes halogenated alkanes) is 1. The lowest BCUT2D eigenvalue weighted by Crippen LogP contribution is -2.37. The molecule has 5 nitrogen and oxygen atoms in total. The van der Waals surface area contributed by atoms with E-state index in [0.29, 0.717) is 19.6 Å². The summed E-state index contributed by atoms with van der Waals surface area (Å²) in [5.41, 5.74) is 6.62. The van der Waals surface area contributed by atoms with Crippen molar-refractivity contribution in [3.8, 4) is 0 Å². The summed E-state index contributed by atoms with van der Waals surface area (Å²) in [4.78, 5) is 24.9.